The second-order valence-corrected chi connectivity index (χ2v) is 7.65. The highest BCUT2D eigenvalue weighted by atomic mass is 19.4. The van der Waals surface area contributed by atoms with Crippen LogP contribution in [0.25, 0.3) is 0 Å². The van der Waals surface area contributed by atoms with Gasteiger partial charge in [0, 0.05) is 13.0 Å². The Morgan fingerprint density at radius 3 is 2.39 bits per heavy atom. The maximum absolute atomic E-state index is 13.2. The van der Waals surface area contributed by atoms with E-state index in [4.69, 9.17) is 4.74 Å². The van der Waals surface area contributed by atoms with Gasteiger partial charge >= 0.3 is 12.3 Å². The minimum Gasteiger partial charge on any atom is -0.444 e. The summed E-state index contributed by atoms with van der Waals surface area (Å²) in [6.45, 7) is 4.74. The van der Waals surface area contributed by atoms with E-state index in [0.717, 1.165) is 17.0 Å². The summed E-state index contributed by atoms with van der Waals surface area (Å²) in [5.74, 6) is -3.42. The number of rotatable bonds is 3. The Labute approximate surface area is 159 Å². The fourth-order valence-corrected chi connectivity index (χ4v) is 2.92. The molecular weight excluding hydrogens is 382 g/mol. The Hall–Kier alpha value is -2.45. The molecular formula is C19H21F4NO4. The van der Waals surface area contributed by atoms with Crippen LogP contribution in [0, 0.1) is 11.7 Å². The Morgan fingerprint density at radius 2 is 1.86 bits per heavy atom. The zero-order valence-corrected chi connectivity index (χ0v) is 15.7. The molecule has 5 nitrogen and oxygen atoms in total. The third-order valence-electron chi connectivity index (χ3n) is 4.21. The van der Waals surface area contributed by atoms with Crippen molar-refractivity contribution in [2.75, 3.05) is 13.1 Å². The maximum atomic E-state index is 13.2. The van der Waals surface area contributed by atoms with Gasteiger partial charge in [-0.15, -0.1) is 0 Å². The van der Waals surface area contributed by atoms with Crippen LogP contribution in [0.3, 0.4) is 0 Å². The van der Waals surface area contributed by atoms with Gasteiger partial charge in [-0.1, -0.05) is 6.07 Å². The molecule has 0 aromatic heterocycles. The van der Waals surface area contributed by atoms with E-state index in [1.54, 1.807) is 20.8 Å². The van der Waals surface area contributed by atoms with E-state index in [2.05, 4.69) is 0 Å². The fourth-order valence-electron chi connectivity index (χ4n) is 2.92. The lowest BCUT2D eigenvalue weighted by atomic mass is 9.87. The largest absolute Gasteiger partial charge is 0.444 e. The molecule has 1 aliphatic heterocycles. The molecule has 1 amide bonds. The van der Waals surface area contributed by atoms with E-state index >= 15 is 0 Å². The maximum Gasteiger partial charge on any atom is 0.416 e. The van der Waals surface area contributed by atoms with Crippen LogP contribution in [0.1, 0.15) is 38.3 Å². The van der Waals surface area contributed by atoms with Crippen molar-refractivity contribution in [2.24, 2.45) is 5.92 Å². The molecule has 0 spiro atoms. The number of ketones is 2. The molecule has 1 aromatic rings. The molecule has 1 saturated heterocycles. The first-order chi connectivity index (χ1) is 12.8. The highest BCUT2D eigenvalue weighted by Crippen LogP contribution is 2.33. The molecule has 0 saturated carbocycles. The van der Waals surface area contributed by atoms with Crippen molar-refractivity contribution in [3.63, 3.8) is 0 Å². The Bertz CT molecular complexity index is 783. The molecule has 1 fully saturated rings. The summed E-state index contributed by atoms with van der Waals surface area (Å²) >= 11 is 0. The number of carbonyl (C=O) groups excluding carboxylic acids is 3. The van der Waals surface area contributed by atoms with Crippen molar-refractivity contribution in [1.82, 2.24) is 4.90 Å². The van der Waals surface area contributed by atoms with Crippen LogP contribution in [0.5, 0.6) is 0 Å². The van der Waals surface area contributed by atoms with E-state index < -0.39 is 53.2 Å². The molecule has 1 aromatic carbocycles. The van der Waals surface area contributed by atoms with Gasteiger partial charge in [0.25, 0.3) is 0 Å². The van der Waals surface area contributed by atoms with Gasteiger partial charge in [0.2, 0.25) is 0 Å². The van der Waals surface area contributed by atoms with Gasteiger partial charge in [0.1, 0.15) is 17.2 Å². The molecule has 28 heavy (non-hydrogen) atoms. The summed E-state index contributed by atoms with van der Waals surface area (Å²) in [5.41, 5.74) is -2.37. The van der Waals surface area contributed by atoms with Crippen molar-refractivity contribution in [3.05, 3.63) is 35.1 Å². The average molecular weight is 403 g/mol. The van der Waals surface area contributed by atoms with E-state index in [-0.39, 0.29) is 25.1 Å². The second kappa shape index (κ2) is 7.89. The fraction of sp³-hybridized carbons (Fsp3) is 0.526. The summed E-state index contributed by atoms with van der Waals surface area (Å²) in [5, 5.41) is 0. The SMILES string of the molecule is CC(C)(C)OC(=O)N1CCC(C(=O)Cc2ccc(F)cc2C(F)(F)F)C(=O)C1. The summed E-state index contributed by atoms with van der Waals surface area (Å²) in [6.07, 6.45) is -6.15. The van der Waals surface area contributed by atoms with Crippen molar-refractivity contribution in [3.8, 4) is 0 Å². The molecule has 0 bridgehead atoms. The molecule has 0 radical (unpaired) electrons. The van der Waals surface area contributed by atoms with Crippen LogP contribution in [0.15, 0.2) is 18.2 Å². The molecule has 1 unspecified atom stereocenters. The number of benzene rings is 1. The zero-order valence-electron chi connectivity index (χ0n) is 15.7. The van der Waals surface area contributed by atoms with Gasteiger partial charge in [-0.3, -0.25) is 9.59 Å². The van der Waals surface area contributed by atoms with Crippen molar-refractivity contribution < 1.29 is 36.7 Å². The number of likely N-dealkylation sites (tertiary alicyclic amines) is 1. The smallest absolute Gasteiger partial charge is 0.416 e. The molecule has 1 aliphatic rings. The third kappa shape index (κ3) is 5.53. The molecule has 1 atom stereocenters. The normalized spacial score (nSPS) is 18.2. The summed E-state index contributed by atoms with van der Waals surface area (Å²) in [4.78, 5) is 37.9. The van der Waals surface area contributed by atoms with Crippen LogP contribution < -0.4 is 0 Å². The van der Waals surface area contributed by atoms with Crippen molar-refractivity contribution in [2.45, 2.75) is 45.4 Å². The topological polar surface area (TPSA) is 63.7 Å². The van der Waals surface area contributed by atoms with Gasteiger partial charge in [-0.2, -0.15) is 13.2 Å². The van der Waals surface area contributed by atoms with Crippen molar-refractivity contribution >= 4 is 17.7 Å². The van der Waals surface area contributed by atoms with Crippen LogP contribution in [-0.4, -0.2) is 41.3 Å². The Kier molecular flexibility index (Phi) is 6.15. The van der Waals surface area contributed by atoms with Crippen LogP contribution in [0.2, 0.25) is 0 Å². The van der Waals surface area contributed by atoms with E-state index in [9.17, 15) is 31.9 Å². The highest BCUT2D eigenvalue weighted by molar-refractivity contribution is 6.05. The quantitative estimate of drug-likeness (QED) is 0.569. The lowest BCUT2D eigenvalue weighted by molar-refractivity contribution is -0.138. The predicted octanol–water partition coefficient (Wildman–Crippen LogP) is 3.78. The van der Waals surface area contributed by atoms with E-state index in [1.165, 1.54) is 0 Å². The first-order valence-electron chi connectivity index (χ1n) is 8.67. The Morgan fingerprint density at radius 1 is 1.21 bits per heavy atom. The first kappa shape index (κ1) is 21.8. The zero-order chi connectivity index (χ0) is 21.3. The minimum atomic E-state index is -4.82. The molecule has 0 aliphatic carbocycles. The summed E-state index contributed by atoms with van der Waals surface area (Å²) in [6, 6.07) is 2.07. The number of Topliss-reactive ketones (excluding diaryl/α,β-unsaturated/α-hetero) is 2. The lowest BCUT2D eigenvalue weighted by Gasteiger charge is -2.32. The lowest BCUT2D eigenvalue weighted by Crippen LogP contribution is -2.48. The first-order valence-corrected chi connectivity index (χ1v) is 8.67. The Balaban J connectivity index is 2.08. The number of amides is 1. The number of carbonyl (C=O) groups is 3. The van der Waals surface area contributed by atoms with Gasteiger partial charge in [-0.25, -0.2) is 9.18 Å². The van der Waals surface area contributed by atoms with Crippen LogP contribution in [-0.2, 0) is 26.9 Å². The number of nitrogens with zero attached hydrogens (tertiary/aromatic N) is 1. The standard InChI is InChI=1S/C19H21F4NO4/c1-18(2,3)28-17(27)24-7-6-13(16(26)10-24)15(25)8-11-4-5-12(20)9-14(11)19(21,22)23/h4-5,9,13H,6-8,10H2,1-3H3. The summed E-state index contributed by atoms with van der Waals surface area (Å²) < 4.78 is 57.6. The average Bonchev–Trinajstić information content (AvgIpc) is 2.53. The second-order valence-electron chi connectivity index (χ2n) is 7.65. The molecule has 9 heteroatoms. The van der Waals surface area contributed by atoms with Crippen LogP contribution in [0.4, 0.5) is 22.4 Å². The third-order valence-corrected chi connectivity index (χ3v) is 4.21. The number of halogens is 4. The van der Waals surface area contributed by atoms with Crippen molar-refractivity contribution in [1.29, 1.82) is 0 Å². The number of ether oxygens (including phenoxy) is 1. The number of alkyl halides is 3. The molecule has 2 rings (SSSR count). The van der Waals surface area contributed by atoms with E-state index in [1.807, 2.05) is 0 Å². The number of piperidine rings is 1. The molecule has 154 valence electrons. The highest BCUT2D eigenvalue weighted by Gasteiger charge is 2.38. The monoisotopic (exact) mass is 403 g/mol. The number of hydrogen-bond acceptors (Lipinski definition) is 4. The molecule has 0 N–H and O–H groups in total. The van der Waals surface area contributed by atoms with E-state index in [0.29, 0.717) is 6.07 Å². The minimum absolute atomic E-state index is 0.000540. The summed E-state index contributed by atoms with van der Waals surface area (Å²) in [7, 11) is 0. The van der Waals surface area contributed by atoms with Gasteiger partial charge in [0.15, 0.2) is 5.78 Å². The van der Waals surface area contributed by atoms with Gasteiger partial charge < -0.3 is 9.64 Å². The van der Waals surface area contributed by atoms with Gasteiger partial charge in [0.05, 0.1) is 18.0 Å². The number of hydrogen-bond donors (Lipinski definition) is 0. The van der Waals surface area contributed by atoms with Gasteiger partial charge in [-0.05, 0) is 44.9 Å². The molecule has 1 heterocycles. The predicted molar refractivity (Wildman–Crippen MR) is 91.0 cm³/mol. The van der Waals surface area contributed by atoms with Crippen LogP contribution >= 0.6 is 0 Å².